The Kier molecular flexibility index (Phi) is 35.5. The number of hydrogen-bond donors (Lipinski definition) is 6. The molecule has 62 heavy (non-hydrogen) atoms. The van der Waals surface area contributed by atoms with Crippen LogP contribution in [0.5, 0.6) is 0 Å². The number of carbonyl (C=O) groups is 2. The summed E-state index contributed by atoms with van der Waals surface area (Å²) in [7, 11) is -5.12. The smallest absolute Gasteiger partial charge is 0.462 e. The Morgan fingerprint density at radius 2 is 0.919 bits per heavy atom. The van der Waals surface area contributed by atoms with Crippen LogP contribution in [0.1, 0.15) is 187 Å². The summed E-state index contributed by atoms with van der Waals surface area (Å²) in [5.74, 6) is -1.12. The Balaban J connectivity index is 2.45. The zero-order valence-electron chi connectivity index (χ0n) is 38.2. The molecule has 0 heterocycles. The minimum atomic E-state index is -5.12. The lowest BCUT2D eigenvalue weighted by molar-refractivity contribution is -0.220. The van der Waals surface area contributed by atoms with E-state index in [0.717, 1.165) is 103 Å². The molecule has 13 nitrogen and oxygen atoms in total. The van der Waals surface area contributed by atoms with Crippen molar-refractivity contribution in [2.45, 2.75) is 230 Å². The molecule has 14 heteroatoms. The van der Waals surface area contributed by atoms with Crippen LogP contribution in [0.3, 0.4) is 0 Å². The van der Waals surface area contributed by atoms with Gasteiger partial charge in [0.25, 0.3) is 0 Å². The molecule has 0 aromatic heterocycles. The monoisotopic (exact) mass is 901 g/mol. The molecule has 6 atom stereocenters. The number of allylic oxidation sites excluding steroid dienone is 8. The SMILES string of the molecule is CC/C=C\C/C=C\C/C=C\CCCCCCCCCC(=O)OC(COC(=O)CCCCCCC/C=C\CCCCCCCCC)COP(=O)(O)OC1C(O)C(O)C(O)C(O)C1O. The summed E-state index contributed by atoms with van der Waals surface area (Å²) < 4.78 is 33.6. The molecule has 0 bridgehead atoms. The summed E-state index contributed by atoms with van der Waals surface area (Å²) >= 11 is 0. The zero-order valence-corrected chi connectivity index (χ0v) is 39.0. The van der Waals surface area contributed by atoms with Crippen LogP contribution in [0, 0.1) is 0 Å². The maximum Gasteiger partial charge on any atom is 0.472 e. The molecule has 0 aliphatic heterocycles. The molecule has 1 saturated carbocycles. The summed E-state index contributed by atoms with van der Waals surface area (Å²) in [6.45, 7) is 3.18. The normalized spacial score (nSPS) is 22.3. The largest absolute Gasteiger partial charge is 0.472 e. The Bertz CT molecular complexity index is 1270. The maximum atomic E-state index is 12.8. The fraction of sp³-hybridized carbons (Fsp3) is 0.792. The Hall–Kier alpha value is -2.19. The van der Waals surface area contributed by atoms with E-state index in [2.05, 4.69) is 62.5 Å². The molecule has 0 radical (unpaired) electrons. The molecule has 0 amide bonds. The quantitative estimate of drug-likeness (QED) is 0.0147. The summed E-state index contributed by atoms with van der Waals surface area (Å²) in [4.78, 5) is 35.7. The van der Waals surface area contributed by atoms with E-state index in [1.807, 2.05) is 0 Å². The van der Waals surface area contributed by atoms with Gasteiger partial charge in [-0.25, -0.2) is 4.57 Å². The minimum Gasteiger partial charge on any atom is -0.462 e. The van der Waals surface area contributed by atoms with Gasteiger partial charge >= 0.3 is 19.8 Å². The first-order valence-corrected chi connectivity index (χ1v) is 25.4. The molecule has 360 valence electrons. The third-order valence-electron chi connectivity index (χ3n) is 10.9. The molecular weight excluding hydrogens is 815 g/mol. The van der Waals surface area contributed by atoms with Crippen molar-refractivity contribution < 1.29 is 63.1 Å². The van der Waals surface area contributed by atoms with E-state index >= 15 is 0 Å². The van der Waals surface area contributed by atoms with Crippen molar-refractivity contribution in [1.29, 1.82) is 0 Å². The number of hydrogen-bond acceptors (Lipinski definition) is 12. The predicted molar refractivity (Wildman–Crippen MR) is 244 cm³/mol. The van der Waals surface area contributed by atoms with Gasteiger partial charge in [-0.2, -0.15) is 0 Å². The van der Waals surface area contributed by atoms with Crippen molar-refractivity contribution in [3.8, 4) is 0 Å². The Morgan fingerprint density at radius 3 is 1.42 bits per heavy atom. The molecule has 1 aliphatic rings. The van der Waals surface area contributed by atoms with Crippen LogP contribution in [0.15, 0.2) is 48.6 Å². The van der Waals surface area contributed by atoms with Crippen LogP contribution in [0.2, 0.25) is 0 Å². The number of esters is 2. The molecule has 1 fully saturated rings. The summed E-state index contributed by atoms with van der Waals surface area (Å²) in [5.41, 5.74) is 0. The van der Waals surface area contributed by atoms with E-state index in [9.17, 15) is 44.6 Å². The van der Waals surface area contributed by atoms with Gasteiger partial charge in [0.1, 0.15) is 43.2 Å². The molecule has 1 rings (SSSR count). The highest BCUT2D eigenvalue weighted by molar-refractivity contribution is 7.47. The lowest BCUT2D eigenvalue weighted by atomic mass is 9.85. The number of aliphatic hydroxyl groups is 5. The minimum absolute atomic E-state index is 0.0827. The van der Waals surface area contributed by atoms with Crippen molar-refractivity contribution in [2.75, 3.05) is 13.2 Å². The highest BCUT2D eigenvalue weighted by Crippen LogP contribution is 2.47. The second kappa shape index (κ2) is 38.1. The van der Waals surface area contributed by atoms with E-state index in [4.69, 9.17) is 18.5 Å². The van der Waals surface area contributed by atoms with Crippen LogP contribution in [0.4, 0.5) is 0 Å². The van der Waals surface area contributed by atoms with Crippen molar-refractivity contribution in [3.05, 3.63) is 48.6 Å². The van der Waals surface area contributed by atoms with E-state index in [-0.39, 0.29) is 12.8 Å². The van der Waals surface area contributed by atoms with Crippen molar-refractivity contribution in [3.63, 3.8) is 0 Å². The lowest BCUT2D eigenvalue weighted by Crippen LogP contribution is -2.64. The van der Waals surface area contributed by atoms with E-state index in [1.165, 1.54) is 44.9 Å². The molecule has 0 aromatic carbocycles. The molecular formula is C48H85O13P. The van der Waals surface area contributed by atoms with Crippen LogP contribution >= 0.6 is 7.82 Å². The number of phosphoric acid groups is 1. The summed E-state index contributed by atoms with van der Waals surface area (Å²) in [5, 5.41) is 50.2. The first kappa shape index (κ1) is 57.8. The standard InChI is InChI=1S/C48H85O13P/c1-3-5-7-9-11-13-15-17-19-21-23-25-27-29-31-33-35-37-42(50)60-40(39-59-62(56,57)61-48-46(54)44(52)43(51)45(53)47(48)55)38-58-41(49)36-34-32-30-28-26-24-22-20-18-16-14-12-10-8-6-4-2/h5,7,11,13,17,19-20,22,40,43-48,51-55H,3-4,6,8-10,12,14-16,18,21,23-39H2,1-2H3,(H,56,57)/b7-5-,13-11-,19-17-,22-20-. The highest BCUT2D eigenvalue weighted by atomic mass is 31.2. The third-order valence-corrected chi connectivity index (χ3v) is 11.9. The average molecular weight is 901 g/mol. The van der Waals surface area contributed by atoms with Gasteiger partial charge in [-0.05, 0) is 70.6 Å². The first-order valence-electron chi connectivity index (χ1n) is 23.9. The summed E-state index contributed by atoms with van der Waals surface area (Å²) in [6, 6.07) is 0. The average Bonchev–Trinajstić information content (AvgIpc) is 3.25. The van der Waals surface area contributed by atoms with Crippen molar-refractivity contribution in [1.82, 2.24) is 0 Å². The third kappa shape index (κ3) is 30.0. The fourth-order valence-corrected chi connectivity index (χ4v) is 8.03. The van der Waals surface area contributed by atoms with Gasteiger partial charge in [0.2, 0.25) is 0 Å². The van der Waals surface area contributed by atoms with Gasteiger partial charge in [-0.1, -0.05) is 152 Å². The molecule has 1 aliphatic carbocycles. The van der Waals surface area contributed by atoms with Crippen molar-refractivity contribution in [2.24, 2.45) is 0 Å². The predicted octanol–water partition coefficient (Wildman–Crippen LogP) is 9.56. The first-order chi connectivity index (χ1) is 29.9. The number of ether oxygens (including phenoxy) is 2. The van der Waals surface area contributed by atoms with Gasteiger partial charge in [-0.3, -0.25) is 18.6 Å². The van der Waals surface area contributed by atoms with Crippen molar-refractivity contribution >= 4 is 19.8 Å². The van der Waals surface area contributed by atoms with E-state index in [0.29, 0.717) is 12.8 Å². The second-order valence-electron chi connectivity index (χ2n) is 16.6. The number of phosphoric ester groups is 1. The number of rotatable bonds is 39. The van der Waals surface area contributed by atoms with Gasteiger partial charge in [0.15, 0.2) is 6.10 Å². The maximum absolute atomic E-state index is 12.8. The van der Waals surface area contributed by atoms with Crippen LogP contribution < -0.4 is 0 Å². The van der Waals surface area contributed by atoms with E-state index in [1.54, 1.807) is 0 Å². The fourth-order valence-electron chi connectivity index (χ4n) is 7.06. The molecule has 6 N–H and O–H groups in total. The molecule has 6 unspecified atom stereocenters. The lowest BCUT2D eigenvalue weighted by Gasteiger charge is -2.41. The Labute approximate surface area is 373 Å². The van der Waals surface area contributed by atoms with Crippen LogP contribution in [-0.4, -0.2) is 98.3 Å². The van der Waals surface area contributed by atoms with Crippen LogP contribution in [-0.2, 0) is 32.7 Å². The number of aliphatic hydroxyl groups excluding tert-OH is 5. The number of unbranched alkanes of at least 4 members (excludes halogenated alkanes) is 19. The molecule has 0 spiro atoms. The van der Waals surface area contributed by atoms with Gasteiger partial charge in [0.05, 0.1) is 6.61 Å². The zero-order chi connectivity index (χ0) is 45.7. The van der Waals surface area contributed by atoms with Gasteiger partial charge < -0.3 is 39.9 Å². The molecule has 0 aromatic rings. The number of carbonyl (C=O) groups excluding carboxylic acids is 2. The van der Waals surface area contributed by atoms with E-state index < -0.39 is 75.7 Å². The van der Waals surface area contributed by atoms with Gasteiger partial charge in [-0.15, -0.1) is 0 Å². The van der Waals surface area contributed by atoms with Crippen LogP contribution in [0.25, 0.3) is 0 Å². The second-order valence-corrected chi connectivity index (χ2v) is 18.0. The summed E-state index contributed by atoms with van der Waals surface area (Å²) in [6.07, 6.45) is 31.6. The Morgan fingerprint density at radius 1 is 0.516 bits per heavy atom. The molecule has 0 saturated heterocycles. The van der Waals surface area contributed by atoms with Gasteiger partial charge in [0, 0.05) is 12.8 Å². The highest BCUT2D eigenvalue weighted by Gasteiger charge is 2.51. The topological polar surface area (TPSA) is 210 Å².